The first-order chi connectivity index (χ1) is 10.8. The zero-order valence-electron chi connectivity index (χ0n) is 12.0. The summed E-state index contributed by atoms with van der Waals surface area (Å²) in [7, 11) is 0. The predicted octanol–water partition coefficient (Wildman–Crippen LogP) is -5.40. The van der Waals surface area contributed by atoms with Gasteiger partial charge in [-0.15, -0.1) is 0 Å². The molecule has 2 aliphatic heterocycles. The summed E-state index contributed by atoms with van der Waals surface area (Å²) in [6.45, 7) is -1.10. The van der Waals surface area contributed by atoms with E-state index in [1.807, 2.05) is 0 Å². The Morgan fingerprint density at radius 3 is 1.83 bits per heavy atom. The van der Waals surface area contributed by atoms with Crippen molar-refractivity contribution < 1.29 is 55.1 Å². The molecule has 11 nitrogen and oxygen atoms in total. The highest BCUT2D eigenvalue weighted by Crippen LogP contribution is 2.24. The molecule has 2 heterocycles. The normalized spacial score (nSPS) is 51.7. The van der Waals surface area contributed by atoms with Crippen LogP contribution in [0.25, 0.3) is 0 Å². The van der Waals surface area contributed by atoms with Crippen molar-refractivity contribution in [3.63, 3.8) is 0 Å². The van der Waals surface area contributed by atoms with E-state index >= 15 is 0 Å². The van der Waals surface area contributed by atoms with E-state index < -0.39 is 74.6 Å². The number of hydrogen-bond donors (Lipinski definition) is 8. The molecule has 0 bridgehead atoms. The van der Waals surface area contributed by atoms with Crippen molar-refractivity contribution >= 4 is 0 Å². The molecule has 136 valence electrons. The summed E-state index contributed by atoms with van der Waals surface area (Å²) in [5, 5.41) is 76.1. The maximum atomic E-state index is 9.78. The molecule has 0 unspecified atom stereocenters. The number of ether oxygens (including phenoxy) is 3. The lowest BCUT2D eigenvalue weighted by atomic mass is 9.98. The molecule has 10 atom stereocenters. The molecule has 0 saturated carbocycles. The van der Waals surface area contributed by atoms with Gasteiger partial charge in [-0.05, 0) is 0 Å². The number of aliphatic hydroxyl groups excluding tert-OH is 8. The summed E-state index contributed by atoms with van der Waals surface area (Å²) in [6, 6.07) is 0. The Kier molecular flexibility index (Phi) is 6.27. The summed E-state index contributed by atoms with van der Waals surface area (Å²) in [4.78, 5) is 0. The van der Waals surface area contributed by atoms with Gasteiger partial charge in [0, 0.05) is 0 Å². The van der Waals surface area contributed by atoms with Gasteiger partial charge >= 0.3 is 0 Å². The van der Waals surface area contributed by atoms with Crippen LogP contribution in [0, 0.1) is 0 Å². The molecule has 0 aromatic heterocycles. The minimum atomic E-state index is -1.74. The molecule has 2 saturated heterocycles. The minimum Gasteiger partial charge on any atom is -0.394 e. The van der Waals surface area contributed by atoms with Crippen LogP contribution in [0.5, 0.6) is 0 Å². The molecule has 8 N–H and O–H groups in total. The zero-order chi connectivity index (χ0) is 17.3. The second-order valence-electron chi connectivity index (χ2n) is 5.57. The molecule has 23 heavy (non-hydrogen) atoms. The minimum absolute atomic E-state index is 0.468. The first kappa shape index (κ1) is 18.9. The molecule has 2 fully saturated rings. The summed E-state index contributed by atoms with van der Waals surface area (Å²) in [5.74, 6) is 0. The first-order valence-electron chi connectivity index (χ1n) is 7.07. The highest BCUT2D eigenvalue weighted by Gasteiger charge is 2.46. The number of aliphatic hydroxyl groups is 8. The van der Waals surface area contributed by atoms with Crippen LogP contribution in [-0.2, 0) is 14.2 Å². The van der Waals surface area contributed by atoms with E-state index in [1.54, 1.807) is 0 Å². The van der Waals surface area contributed by atoms with Crippen LogP contribution < -0.4 is 0 Å². The Labute approximate surface area is 130 Å². The van der Waals surface area contributed by atoms with Crippen molar-refractivity contribution in [1.82, 2.24) is 0 Å². The summed E-state index contributed by atoms with van der Waals surface area (Å²) in [5.41, 5.74) is 0. The maximum Gasteiger partial charge on any atom is 0.186 e. The van der Waals surface area contributed by atoms with Crippen LogP contribution in [-0.4, -0.2) is 115 Å². The average Bonchev–Trinajstić information content (AvgIpc) is 2.54. The fraction of sp³-hybridized carbons (Fsp3) is 1.00. The van der Waals surface area contributed by atoms with Gasteiger partial charge in [-0.2, -0.15) is 0 Å². The molecule has 0 aromatic rings. The van der Waals surface area contributed by atoms with Gasteiger partial charge in [0.05, 0.1) is 13.2 Å². The topological polar surface area (TPSA) is 190 Å². The van der Waals surface area contributed by atoms with Crippen LogP contribution in [0.3, 0.4) is 0 Å². The fourth-order valence-electron chi connectivity index (χ4n) is 2.46. The van der Waals surface area contributed by atoms with Crippen LogP contribution in [0.15, 0.2) is 0 Å². The van der Waals surface area contributed by atoms with Gasteiger partial charge in [0.1, 0.15) is 48.8 Å². The highest BCUT2D eigenvalue weighted by molar-refractivity contribution is 4.91. The van der Waals surface area contributed by atoms with E-state index in [2.05, 4.69) is 0 Å². The monoisotopic (exact) mass is 342 g/mol. The van der Waals surface area contributed by atoms with Gasteiger partial charge in [-0.25, -0.2) is 0 Å². The van der Waals surface area contributed by atoms with E-state index in [1.165, 1.54) is 0 Å². The van der Waals surface area contributed by atoms with E-state index in [4.69, 9.17) is 19.3 Å². The standard InChI is InChI=1S/C12H22O11/c13-1-3-5(14)8(17)10(19)12(23-3)21-2-4-6(15)7(16)9(18)11(20)22-4/h3-20H,1-2H2/t3-,4-,5-,6-,7+,8-,9-,10-,11-,12-/m1/s1. The Bertz CT molecular complexity index is 380. The summed E-state index contributed by atoms with van der Waals surface area (Å²) < 4.78 is 15.1. The van der Waals surface area contributed by atoms with Gasteiger partial charge in [-0.1, -0.05) is 0 Å². The van der Waals surface area contributed by atoms with Gasteiger partial charge in [0.2, 0.25) is 0 Å². The largest absolute Gasteiger partial charge is 0.394 e. The lowest BCUT2D eigenvalue weighted by Crippen LogP contribution is -2.61. The van der Waals surface area contributed by atoms with Crippen molar-refractivity contribution in [2.24, 2.45) is 0 Å². The van der Waals surface area contributed by atoms with Crippen LogP contribution in [0.1, 0.15) is 0 Å². The Balaban J connectivity index is 1.94. The van der Waals surface area contributed by atoms with Crippen molar-refractivity contribution in [2.45, 2.75) is 61.4 Å². The van der Waals surface area contributed by atoms with Crippen LogP contribution in [0.4, 0.5) is 0 Å². The Morgan fingerprint density at radius 1 is 0.652 bits per heavy atom. The third-order valence-corrected chi connectivity index (χ3v) is 3.96. The second-order valence-corrected chi connectivity index (χ2v) is 5.57. The summed E-state index contributed by atoms with van der Waals surface area (Å²) >= 11 is 0. The van der Waals surface area contributed by atoms with E-state index in [-0.39, 0.29) is 0 Å². The SMILES string of the molecule is OC[C@H]1O[C@@H](OC[C@H]2O[C@@H](O)[C@H](O)[C@@H](O)[C@@H]2O)[C@H](O)[C@H](O)[C@@H]1O. The lowest BCUT2D eigenvalue weighted by molar-refractivity contribution is -0.325. The summed E-state index contributed by atoms with van der Waals surface area (Å²) in [6.07, 6.45) is -15.3. The third kappa shape index (κ3) is 3.81. The molecule has 2 rings (SSSR count). The Hall–Kier alpha value is -0.440. The molecule has 0 amide bonds. The number of hydrogen-bond acceptors (Lipinski definition) is 11. The first-order valence-corrected chi connectivity index (χ1v) is 7.07. The molecule has 0 radical (unpaired) electrons. The van der Waals surface area contributed by atoms with Gasteiger partial charge in [0.25, 0.3) is 0 Å². The van der Waals surface area contributed by atoms with Crippen LogP contribution >= 0.6 is 0 Å². The predicted molar refractivity (Wildman–Crippen MR) is 68.6 cm³/mol. The maximum absolute atomic E-state index is 9.78. The Morgan fingerprint density at radius 2 is 1.22 bits per heavy atom. The fourth-order valence-corrected chi connectivity index (χ4v) is 2.46. The quantitative estimate of drug-likeness (QED) is 0.243. The molecule has 0 aromatic carbocycles. The van der Waals surface area contributed by atoms with Crippen molar-refractivity contribution in [3.05, 3.63) is 0 Å². The van der Waals surface area contributed by atoms with E-state index in [9.17, 15) is 35.7 Å². The van der Waals surface area contributed by atoms with Crippen molar-refractivity contribution in [2.75, 3.05) is 13.2 Å². The molecule has 2 aliphatic rings. The molecule has 0 spiro atoms. The molecular formula is C12H22O11. The zero-order valence-corrected chi connectivity index (χ0v) is 12.0. The molecule has 0 aliphatic carbocycles. The molecular weight excluding hydrogens is 320 g/mol. The highest BCUT2D eigenvalue weighted by atomic mass is 16.7. The second kappa shape index (κ2) is 7.63. The third-order valence-electron chi connectivity index (χ3n) is 3.96. The van der Waals surface area contributed by atoms with E-state index in [0.717, 1.165) is 0 Å². The van der Waals surface area contributed by atoms with E-state index in [0.29, 0.717) is 0 Å². The lowest BCUT2D eigenvalue weighted by Gasteiger charge is -2.41. The van der Waals surface area contributed by atoms with Crippen molar-refractivity contribution in [3.8, 4) is 0 Å². The average molecular weight is 342 g/mol. The smallest absolute Gasteiger partial charge is 0.186 e. The number of rotatable bonds is 4. The van der Waals surface area contributed by atoms with Gasteiger partial charge in [-0.3, -0.25) is 0 Å². The van der Waals surface area contributed by atoms with Crippen molar-refractivity contribution in [1.29, 1.82) is 0 Å². The van der Waals surface area contributed by atoms with Gasteiger partial charge in [0.15, 0.2) is 12.6 Å². The van der Waals surface area contributed by atoms with Crippen LogP contribution in [0.2, 0.25) is 0 Å². The molecule has 11 heteroatoms. The van der Waals surface area contributed by atoms with Gasteiger partial charge < -0.3 is 55.1 Å².